The number of benzene rings is 1. The molecule has 4 aromatic rings. The van der Waals surface area contributed by atoms with Crippen LogP contribution in [0.4, 0.5) is 0 Å². The van der Waals surface area contributed by atoms with Crippen LogP contribution in [-0.4, -0.2) is 33.7 Å². The van der Waals surface area contributed by atoms with Gasteiger partial charge in [0.25, 0.3) is 0 Å². The minimum absolute atomic E-state index is 0.00224. The second-order valence-corrected chi connectivity index (χ2v) is 9.73. The van der Waals surface area contributed by atoms with Crippen LogP contribution in [0, 0.1) is 0 Å². The Morgan fingerprint density at radius 3 is 3.06 bits per heavy atom. The molecule has 31 heavy (non-hydrogen) atoms. The molecule has 8 heteroatoms. The third-order valence-electron chi connectivity index (χ3n) is 6.06. The van der Waals surface area contributed by atoms with Crippen LogP contribution in [0.25, 0.3) is 21.3 Å². The van der Waals surface area contributed by atoms with Crippen LogP contribution >= 0.6 is 22.9 Å². The number of thiophene rings is 1. The number of pyridine rings is 1. The summed E-state index contributed by atoms with van der Waals surface area (Å²) in [6.07, 6.45) is 3.15. The number of aromatic nitrogens is 2. The van der Waals surface area contributed by atoms with Gasteiger partial charge in [0, 0.05) is 64.3 Å². The first-order valence-corrected chi connectivity index (χ1v) is 11.4. The Hall–Kier alpha value is -2.45. The maximum Gasteiger partial charge on any atom is 0.182 e. The van der Waals surface area contributed by atoms with Crippen molar-refractivity contribution < 1.29 is 14.4 Å². The lowest BCUT2D eigenvalue weighted by Gasteiger charge is -2.22. The molecule has 0 saturated heterocycles. The van der Waals surface area contributed by atoms with Gasteiger partial charge < -0.3 is 19.3 Å². The minimum atomic E-state index is -0.219. The zero-order valence-electron chi connectivity index (χ0n) is 16.9. The molecule has 0 fully saturated rings. The summed E-state index contributed by atoms with van der Waals surface area (Å²) < 4.78 is 13.3. The quantitative estimate of drug-likeness (QED) is 0.482. The van der Waals surface area contributed by atoms with Gasteiger partial charge in [0.2, 0.25) is 0 Å². The Labute approximate surface area is 188 Å². The van der Waals surface area contributed by atoms with Gasteiger partial charge in [0.15, 0.2) is 11.9 Å². The summed E-state index contributed by atoms with van der Waals surface area (Å²) in [7, 11) is 2.11. The van der Waals surface area contributed by atoms with E-state index in [0.717, 1.165) is 74.1 Å². The third-order valence-corrected chi connectivity index (χ3v) is 7.42. The van der Waals surface area contributed by atoms with Gasteiger partial charge in [-0.25, -0.2) is 0 Å². The van der Waals surface area contributed by atoms with Crippen molar-refractivity contribution in [1.29, 1.82) is 0 Å². The average Bonchev–Trinajstić information content (AvgIpc) is 3.47. The smallest absolute Gasteiger partial charge is 0.182 e. The van der Waals surface area contributed by atoms with Gasteiger partial charge in [0.05, 0.1) is 22.5 Å². The summed E-state index contributed by atoms with van der Waals surface area (Å²) in [5.41, 5.74) is 6.06. The number of halogens is 1. The van der Waals surface area contributed by atoms with Crippen LogP contribution in [0.15, 0.2) is 35.0 Å². The number of ether oxygens (including phenoxy) is 1. The number of rotatable bonds is 3. The number of hydrogen-bond donors (Lipinski definition) is 1. The molecule has 0 aliphatic carbocycles. The van der Waals surface area contributed by atoms with Gasteiger partial charge in [-0.05, 0) is 31.3 Å². The number of aliphatic hydroxyl groups is 1. The summed E-state index contributed by atoms with van der Waals surface area (Å²) in [5.74, 6) is 1.65. The molecule has 3 aromatic heterocycles. The molecule has 0 unspecified atom stereocenters. The van der Waals surface area contributed by atoms with E-state index in [4.69, 9.17) is 20.9 Å². The van der Waals surface area contributed by atoms with E-state index in [-0.39, 0.29) is 12.7 Å². The third kappa shape index (κ3) is 3.15. The standard InChI is InChI=1S/C23H20ClN3O3S/c1-27-5-3-18-17(10-27)22(30-26-18)20-7-12-6-13(24)8-16(21(12)29-20)15-2-4-25-19-9-14(11-28)31-23(15)19/h2,4,6,8-9,20,28H,3,5,7,10-11H2,1H3/t20-/m1/s1. The molecule has 0 amide bonds. The normalized spacial score (nSPS) is 18.2. The molecule has 2 aliphatic rings. The second kappa shape index (κ2) is 7.31. The van der Waals surface area contributed by atoms with Crippen molar-refractivity contribution in [3.05, 3.63) is 62.9 Å². The van der Waals surface area contributed by atoms with Gasteiger partial charge in [-0.1, -0.05) is 16.8 Å². The van der Waals surface area contributed by atoms with Crippen molar-refractivity contribution >= 4 is 33.2 Å². The van der Waals surface area contributed by atoms with Crippen molar-refractivity contribution in [3.8, 4) is 16.9 Å². The molecule has 158 valence electrons. The summed E-state index contributed by atoms with van der Waals surface area (Å²) in [4.78, 5) is 7.61. The average molecular weight is 454 g/mol. The van der Waals surface area contributed by atoms with Crippen molar-refractivity contribution in [2.75, 3.05) is 13.6 Å². The summed E-state index contributed by atoms with van der Waals surface area (Å²) >= 11 is 8.06. The summed E-state index contributed by atoms with van der Waals surface area (Å²) in [6, 6.07) is 7.82. The van der Waals surface area contributed by atoms with Crippen LogP contribution in [-0.2, 0) is 26.0 Å². The molecule has 6 nitrogen and oxygen atoms in total. The first-order valence-electron chi connectivity index (χ1n) is 10.2. The number of aliphatic hydroxyl groups excluding tert-OH is 1. The van der Waals surface area contributed by atoms with Crippen molar-refractivity contribution in [2.24, 2.45) is 0 Å². The molecule has 2 aliphatic heterocycles. The first-order chi connectivity index (χ1) is 15.1. The number of hydrogen-bond acceptors (Lipinski definition) is 7. The van der Waals surface area contributed by atoms with E-state index >= 15 is 0 Å². The van der Waals surface area contributed by atoms with Gasteiger partial charge in [-0.3, -0.25) is 4.98 Å². The maximum atomic E-state index is 9.57. The van der Waals surface area contributed by atoms with Crippen LogP contribution < -0.4 is 4.74 Å². The summed E-state index contributed by atoms with van der Waals surface area (Å²) in [6.45, 7) is 1.80. The topological polar surface area (TPSA) is 71.6 Å². The molecular weight excluding hydrogens is 434 g/mol. The molecule has 0 bridgehead atoms. The van der Waals surface area contributed by atoms with Gasteiger partial charge >= 0.3 is 0 Å². The lowest BCUT2D eigenvalue weighted by Crippen LogP contribution is -2.27. The Kier molecular flexibility index (Phi) is 4.54. The van der Waals surface area contributed by atoms with Crippen LogP contribution in [0.5, 0.6) is 5.75 Å². The molecule has 1 N–H and O–H groups in total. The van der Waals surface area contributed by atoms with Crippen molar-refractivity contribution in [3.63, 3.8) is 0 Å². The predicted octanol–water partition coefficient (Wildman–Crippen LogP) is 4.76. The van der Waals surface area contributed by atoms with E-state index in [0.29, 0.717) is 11.4 Å². The van der Waals surface area contributed by atoms with E-state index in [1.807, 2.05) is 24.3 Å². The SMILES string of the molecule is CN1CCc2noc([C@H]3Cc4cc(Cl)cc(-c5ccnc6cc(CO)sc56)c4O3)c2C1. The summed E-state index contributed by atoms with van der Waals surface area (Å²) in [5, 5.41) is 14.6. The van der Waals surface area contributed by atoms with Crippen LogP contribution in [0.3, 0.4) is 0 Å². The molecule has 0 radical (unpaired) electrons. The van der Waals surface area contributed by atoms with E-state index in [9.17, 15) is 5.11 Å². The highest BCUT2D eigenvalue weighted by molar-refractivity contribution is 7.19. The highest BCUT2D eigenvalue weighted by atomic mass is 35.5. The van der Waals surface area contributed by atoms with Crippen molar-refractivity contribution in [1.82, 2.24) is 15.0 Å². The van der Waals surface area contributed by atoms with Crippen LogP contribution in [0.1, 0.15) is 33.6 Å². The molecule has 1 atom stereocenters. The van der Waals surface area contributed by atoms with Gasteiger partial charge in [0.1, 0.15) is 5.75 Å². The number of fused-ring (bicyclic) bond motifs is 3. The minimum Gasteiger partial charge on any atom is -0.481 e. The monoisotopic (exact) mass is 453 g/mol. The maximum absolute atomic E-state index is 9.57. The molecule has 5 heterocycles. The van der Waals surface area contributed by atoms with Crippen molar-refractivity contribution in [2.45, 2.75) is 32.1 Å². The second-order valence-electron chi connectivity index (χ2n) is 8.16. The Morgan fingerprint density at radius 1 is 1.29 bits per heavy atom. The van der Waals surface area contributed by atoms with E-state index in [1.54, 1.807) is 17.5 Å². The van der Waals surface area contributed by atoms with E-state index < -0.39 is 0 Å². The predicted molar refractivity (Wildman–Crippen MR) is 120 cm³/mol. The van der Waals surface area contributed by atoms with Crippen LogP contribution in [0.2, 0.25) is 5.02 Å². The molecule has 0 saturated carbocycles. The van der Waals surface area contributed by atoms with E-state index in [1.165, 1.54) is 0 Å². The fraction of sp³-hybridized carbons (Fsp3) is 0.304. The zero-order chi connectivity index (χ0) is 21.1. The lowest BCUT2D eigenvalue weighted by molar-refractivity contribution is 0.187. The zero-order valence-corrected chi connectivity index (χ0v) is 18.5. The molecule has 6 rings (SSSR count). The highest BCUT2D eigenvalue weighted by Crippen LogP contribution is 2.48. The number of nitrogens with zero attached hydrogens (tertiary/aromatic N) is 3. The van der Waals surface area contributed by atoms with E-state index in [2.05, 4.69) is 22.1 Å². The lowest BCUT2D eigenvalue weighted by atomic mass is 9.99. The fourth-order valence-electron chi connectivity index (χ4n) is 4.57. The first kappa shape index (κ1) is 19.3. The molecule has 0 spiro atoms. The Bertz CT molecular complexity index is 1320. The molecular formula is C23H20ClN3O3S. The molecule has 1 aromatic carbocycles. The highest BCUT2D eigenvalue weighted by Gasteiger charge is 2.35. The van der Waals surface area contributed by atoms with Gasteiger partial charge in [-0.2, -0.15) is 0 Å². The number of likely N-dealkylation sites (N-methyl/N-ethyl adjacent to an activating group) is 1. The van der Waals surface area contributed by atoms with Gasteiger partial charge in [-0.15, -0.1) is 11.3 Å². The Morgan fingerprint density at radius 2 is 2.19 bits per heavy atom. The Balaban J connectivity index is 1.44. The largest absolute Gasteiger partial charge is 0.481 e. The fourth-order valence-corrected chi connectivity index (χ4v) is 5.81.